The van der Waals surface area contributed by atoms with E-state index in [2.05, 4.69) is 48.0 Å². The van der Waals surface area contributed by atoms with Crippen LogP contribution in [-0.2, 0) is 6.42 Å². The van der Waals surface area contributed by atoms with E-state index in [1.54, 1.807) is 0 Å². The Morgan fingerprint density at radius 3 is 2.40 bits per heavy atom. The van der Waals surface area contributed by atoms with Gasteiger partial charge < -0.3 is 0 Å². The maximum atomic E-state index is 3.67. The van der Waals surface area contributed by atoms with Crippen LogP contribution in [0.4, 0.5) is 0 Å². The SMILES string of the molecule is Cc1ccc(CC2(CBr)CCC2)cc1C. The predicted molar refractivity (Wildman–Crippen MR) is 69.7 cm³/mol. The molecule has 0 saturated heterocycles. The summed E-state index contributed by atoms with van der Waals surface area (Å²) in [7, 11) is 0. The molecule has 1 heteroatoms. The van der Waals surface area contributed by atoms with Crippen LogP contribution in [-0.4, -0.2) is 5.33 Å². The summed E-state index contributed by atoms with van der Waals surface area (Å²) in [4.78, 5) is 0. The van der Waals surface area contributed by atoms with Crippen molar-refractivity contribution in [3.05, 3.63) is 34.9 Å². The summed E-state index contributed by atoms with van der Waals surface area (Å²) in [5.74, 6) is 0. The van der Waals surface area contributed by atoms with Gasteiger partial charge in [0.05, 0.1) is 0 Å². The lowest BCUT2D eigenvalue weighted by atomic mass is 9.67. The van der Waals surface area contributed by atoms with E-state index in [4.69, 9.17) is 0 Å². The van der Waals surface area contributed by atoms with Gasteiger partial charge in [0.15, 0.2) is 0 Å². The Bertz CT molecular complexity index is 345. The van der Waals surface area contributed by atoms with E-state index in [0.717, 1.165) is 5.33 Å². The van der Waals surface area contributed by atoms with Gasteiger partial charge in [-0.15, -0.1) is 0 Å². The van der Waals surface area contributed by atoms with Gasteiger partial charge in [-0.25, -0.2) is 0 Å². The molecule has 0 bridgehead atoms. The Morgan fingerprint density at radius 1 is 1.20 bits per heavy atom. The quantitative estimate of drug-likeness (QED) is 0.711. The second-order valence-corrected chi connectivity index (χ2v) is 5.64. The molecular formula is C14H19Br. The normalized spacial score (nSPS) is 18.6. The van der Waals surface area contributed by atoms with Gasteiger partial charge in [-0.2, -0.15) is 0 Å². The molecule has 2 rings (SSSR count). The molecule has 0 heterocycles. The number of aryl methyl sites for hydroxylation is 2. The van der Waals surface area contributed by atoms with Crippen molar-refractivity contribution in [3.8, 4) is 0 Å². The first-order valence-corrected chi connectivity index (χ1v) is 6.89. The Morgan fingerprint density at radius 2 is 1.93 bits per heavy atom. The number of rotatable bonds is 3. The number of benzene rings is 1. The van der Waals surface area contributed by atoms with Crippen molar-refractivity contribution in [1.29, 1.82) is 0 Å². The molecular weight excluding hydrogens is 248 g/mol. The zero-order valence-corrected chi connectivity index (χ0v) is 11.2. The number of alkyl halides is 1. The average Bonchev–Trinajstić information content (AvgIpc) is 2.17. The van der Waals surface area contributed by atoms with E-state index in [9.17, 15) is 0 Å². The molecule has 0 aliphatic heterocycles. The number of halogens is 1. The summed E-state index contributed by atoms with van der Waals surface area (Å²) in [6, 6.07) is 6.91. The largest absolute Gasteiger partial charge is 0.0922 e. The van der Waals surface area contributed by atoms with Gasteiger partial charge in [0, 0.05) is 5.33 Å². The standard InChI is InChI=1S/C14H19Br/c1-11-4-5-13(8-12(11)2)9-14(10-15)6-3-7-14/h4-5,8H,3,6-7,9-10H2,1-2H3. The van der Waals surface area contributed by atoms with Gasteiger partial charge in [-0.05, 0) is 55.2 Å². The summed E-state index contributed by atoms with van der Waals surface area (Å²) < 4.78 is 0. The van der Waals surface area contributed by atoms with Crippen molar-refractivity contribution in [2.75, 3.05) is 5.33 Å². The molecule has 82 valence electrons. The first-order chi connectivity index (χ1) is 7.15. The molecule has 0 nitrogen and oxygen atoms in total. The second kappa shape index (κ2) is 4.29. The van der Waals surface area contributed by atoms with Crippen LogP contribution in [0.25, 0.3) is 0 Å². The fourth-order valence-electron chi connectivity index (χ4n) is 2.38. The Balaban J connectivity index is 2.13. The third kappa shape index (κ3) is 2.28. The van der Waals surface area contributed by atoms with Gasteiger partial charge in [-0.3, -0.25) is 0 Å². The van der Waals surface area contributed by atoms with Crippen LogP contribution in [0.3, 0.4) is 0 Å². The van der Waals surface area contributed by atoms with Crippen LogP contribution < -0.4 is 0 Å². The topological polar surface area (TPSA) is 0 Å². The molecule has 1 aromatic carbocycles. The predicted octanol–water partition coefficient (Wildman–Crippen LogP) is 4.41. The van der Waals surface area contributed by atoms with E-state index in [-0.39, 0.29) is 0 Å². The van der Waals surface area contributed by atoms with Crippen molar-refractivity contribution in [2.24, 2.45) is 5.41 Å². The highest BCUT2D eigenvalue weighted by Gasteiger charge is 2.35. The van der Waals surface area contributed by atoms with Crippen LogP contribution in [0, 0.1) is 19.3 Å². The monoisotopic (exact) mass is 266 g/mol. The van der Waals surface area contributed by atoms with Crippen LogP contribution in [0.1, 0.15) is 36.0 Å². The first-order valence-electron chi connectivity index (χ1n) is 5.77. The summed E-state index contributed by atoms with van der Waals surface area (Å²) in [5, 5.41) is 1.16. The summed E-state index contributed by atoms with van der Waals surface area (Å²) in [5.41, 5.74) is 4.91. The molecule has 1 aliphatic rings. The lowest BCUT2D eigenvalue weighted by Crippen LogP contribution is -2.33. The molecule has 15 heavy (non-hydrogen) atoms. The van der Waals surface area contributed by atoms with Crippen molar-refractivity contribution >= 4 is 15.9 Å². The van der Waals surface area contributed by atoms with Crippen molar-refractivity contribution in [3.63, 3.8) is 0 Å². The zero-order valence-electron chi connectivity index (χ0n) is 9.65. The minimum atomic E-state index is 0.571. The van der Waals surface area contributed by atoms with Crippen LogP contribution in [0.2, 0.25) is 0 Å². The molecule has 0 spiro atoms. The maximum Gasteiger partial charge on any atom is 0.00911 e. The average molecular weight is 267 g/mol. The van der Waals surface area contributed by atoms with E-state index < -0.39 is 0 Å². The third-order valence-electron chi connectivity index (χ3n) is 3.85. The minimum Gasteiger partial charge on any atom is -0.0922 e. The molecule has 1 fully saturated rings. The highest BCUT2D eigenvalue weighted by Crippen LogP contribution is 2.45. The van der Waals surface area contributed by atoms with Crippen molar-refractivity contribution in [2.45, 2.75) is 39.5 Å². The van der Waals surface area contributed by atoms with Crippen LogP contribution >= 0.6 is 15.9 Å². The van der Waals surface area contributed by atoms with Gasteiger partial charge >= 0.3 is 0 Å². The molecule has 0 N–H and O–H groups in total. The summed E-state index contributed by atoms with van der Waals surface area (Å²) in [6.45, 7) is 4.39. The minimum absolute atomic E-state index is 0.571. The van der Waals surface area contributed by atoms with Crippen molar-refractivity contribution in [1.82, 2.24) is 0 Å². The number of hydrogen-bond donors (Lipinski definition) is 0. The summed E-state index contributed by atoms with van der Waals surface area (Å²) >= 11 is 3.67. The first kappa shape index (κ1) is 11.2. The molecule has 1 aromatic rings. The van der Waals surface area contributed by atoms with Crippen molar-refractivity contribution < 1.29 is 0 Å². The molecule has 1 aliphatic carbocycles. The molecule has 0 unspecified atom stereocenters. The van der Waals surface area contributed by atoms with Crippen LogP contribution in [0.5, 0.6) is 0 Å². The highest BCUT2D eigenvalue weighted by molar-refractivity contribution is 9.09. The van der Waals surface area contributed by atoms with Gasteiger partial charge in [0.1, 0.15) is 0 Å². The van der Waals surface area contributed by atoms with Gasteiger partial charge in [0.25, 0.3) is 0 Å². The Kier molecular flexibility index (Phi) is 3.20. The fourth-order valence-corrected chi connectivity index (χ4v) is 3.14. The smallest absolute Gasteiger partial charge is 0.00911 e. The fraction of sp³-hybridized carbons (Fsp3) is 0.571. The molecule has 0 radical (unpaired) electrons. The Labute approximate surface area is 101 Å². The summed E-state index contributed by atoms with van der Waals surface area (Å²) in [6.07, 6.45) is 5.45. The lowest BCUT2D eigenvalue weighted by Gasteiger charge is -2.40. The van der Waals surface area contributed by atoms with E-state index in [1.807, 2.05) is 0 Å². The maximum absolute atomic E-state index is 3.67. The van der Waals surface area contributed by atoms with Gasteiger partial charge in [0.2, 0.25) is 0 Å². The lowest BCUT2D eigenvalue weighted by molar-refractivity contribution is 0.170. The van der Waals surface area contributed by atoms with Gasteiger partial charge in [-0.1, -0.05) is 40.5 Å². The highest BCUT2D eigenvalue weighted by atomic mass is 79.9. The zero-order chi connectivity index (χ0) is 10.9. The molecule has 1 saturated carbocycles. The third-order valence-corrected chi connectivity index (χ3v) is 5.04. The molecule has 0 amide bonds. The molecule has 0 aromatic heterocycles. The van der Waals surface area contributed by atoms with E-state index in [1.165, 1.54) is 42.4 Å². The van der Waals surface area contributed by atoms with E-state index >= 15 is 0 Å². The Hall–Kier alpha value is -0.300. The second-order valence-electron chi connectivity index (χ2n) is 5.08. The van der Waals surface area contributed by atoms with E-state index in [0.29, 0.717) is 5.41 Å². The van der Waals surface area contributed by atoms with Crippen LogP contribution in [0.15, 0.2) is 18.2 Å². The number of hydrogen-bond acceptors (Lipinski definition) is 0. The molecule has 0 atom stereocenters.